The molecule has 1 amide bonds. The first-order valence-electron chi connectivity index (χ1n) is 8.03. The predicted octanol–water partition coefficient (Wildman–Crippen LogP) is 2.13. The lowest BCUT2D eigenvalue weighted by Gasteiger charge is -2.16. The number of nitrogens with zero attached hydrogens (tertiary/aromatic N) is 2. The summed E-state index contributed by atoms with van der Waals surface area (Å²) in [4.78, 5) is 12.1. The maximum Gasteiger partial charge on any atom is 0.255 e. The van der Waals surface area contributed by atoms with Crippen molar-refractivity contribution in [1.82, 2.24) is 9.73 Å². The van der Waals surface area contributed by atoms with Gasteiger partial charge in [0.2, 0.25) is 10.0 Å². The van der Waals surface area contributed by atoms with E-state index in [1.165, 1.54) is 51.7 Å². The first kappa shape index (κ1) is 21.7. The number of methoxy groups -OCH3 is 2. The van der Waals surface area contributed by atoms with Gasteiger partial charge in [0.05, 0.1) is 31.9 Å². The van der Waals surface area contributed by atoms with Gasteiger partial charge in [-0.2, -0.15) is 9.41 Å². The Balaban J connectivity index is 2.00. The van der Waals surface area contributed by atoms with Gasteiger partial charge in [-0.3, -0.25) is 4.79 Å². The predicted molar refractivity (Wildman–Crippen MR) is 107 cm³/mol. The smallest absolute Gasteiger partial charge is 0.255 e. The molecule has 1 N–H and O–H groups in total. The van der Waals surface area contributed by atoms with Crippen molar-refractivity contribution >= 4 is 33.7 Å². The normalized spacial score (nSPS) is 11.6. The number of sulfonamides is 1. The highest BCUT2D eigenvalue weighted by Gasteiger charge is 2.22. The molecule has 0 fully saturated rings. The van der Waals surface area contributed by atoms with Gasteiger partial charge in [0, 0.05) is 23.7 Å². The Morgan fingerprint density at radius 2 is 1.86 bits per heavy atom. The molecule has 0 saturated heterocycles. The van der Waals surface area contributed by atoms with Crippen LogP contribution in [-0.2, 0) is 14.8 Å². The van der Waals surface area contributed by atoms with Gasteiger partial charge in [0.1, 0.15) is 11.5 Å². The lowest BCUT2D eigenvalue weighted by molar-refractivity contribution is -0.121. The standard InChI is InChI=1S/C18H20ClN3O5S/c1-22(28(24,25)16-8-5-14(19)6-9-16)12-18(23)21-20-11-13-4-7-15(26-2)10-17(13)27-3/h4-11H,12H2,1-3H3,(H,21,23)/b20-11-. The van der Waals surface area contributed by atoms with Crippen LogP contribution in [0.25, 0.3) is 0 Å². The number of nitrogens with one attached hydrogen (secondary N) is 1. The van der Waals surface area contributed by atoms with Crippen LogP contribution in [0.15, 0.2) is 52.5 Å². The van der Waals surface area contributed by atoms with E-state index in [1.54, 1.807) is 18.2 Å². The van der Waals surface area contributed by atoms with E-state index < -0.39 is 22.5 Å². The minimum atomic E-state index is -3.82. The first-order chi connectivity index (χ1) is 13.3. The molecule has 0 saturated carbocycles. The average molecular weight is 426 g/mol. The average Bonchev–Trinajstić information content (AvgIpc) is 2.68. The number of benzene rings is 2. The van der Waals surface area contributed by atoms with Gasteiger partial charge in [-0.05, 0) is 36.4 Å². The summed E-state index contributed by atoms with van der Waals surface area (Å²) in [5.74, 6) is 0.538. The van der Waals surface area contributed by atoms with Gasteiger partial charge in [-0.25, -0.2) is 13.8 Å². The van der Waals surface area contributed by atoms with Crippen molar-refractivity contribution in [1.29, 1.82) is 0 Å². The van der Waals surface area contributed by atoms with Crippen LogP contribution in [0.4, 0.5) is 0 Å². The molecule has 8 nitrogen and oxygen atoms in total. The molecule has 2 rings (SSSR count). The summed E-state index contributed by atoms with van der Waals surface area (Å²) in [5, 5.41) is 4.26. The molecule has 0 aliphatic carbocycles. The molecule has 0 spiro atoms. The van der Waals surface area contributed by atoms with Crippen molar-refractivity contribution in [3.8, 4) is 11.5 Å². The Kier molecular flexibility index (Phi) is 7.38. The van der Waals surface area contributed by atoms with Crippen LogP contribution in [0.3, 0.4) is 0 Å². The molecule has 0 aliphatic heterocycles. The maximum atomic E-state index is 12.5. The number of amides is 1. The molecular weight excluding hydrogens is 406 g/mol. The van der Waals surface area contributed by atoms with Gasteiger partial charge in [0.25, 0.3) is 5.91 Å². The van der Waals surface area contributed by atoms with E-state index in [9.17, 15) is 13.2 Å². The summed E-state index contributed by atoms with van der Waals surface area (Å²) in [6.07, 6.45) is 1.39. The molecule has 10 heteroatoms. The Hall–Kier alpha value is -2.62. The number of likely N-dealkylation sites (N-methyl/N-ethyl adjacent to an activating group) is 1. The van der Waals surface area contributed by atoms with E-state index >= 15 is 0 Å². The number of carbonyl (C=O) groups excluding carboxylic acids is 1. The van der Waals surface area contributed by atoms with E-state index in [2.05, 4.69) is 10.5 Å². The number of halogens is 1. The third-order valence-electron chi connectivity index (χ3n) is 3.72. The maximum absolute atomic E-state index is 12.5. The molecule has 0 atom stereocenters. The zero-order valence-corrected chi connectivity index (χ0v) is 17.1. The quantitative estimate of drug-likeness (QED) is 0.516. The minimum Gasteiger partial charge on any atom is -0.497 e. The Bertz CT molecular complexity index is 962. The van der Waals surface area contributed by atoms with Crippen molar-refractivity contribution in [2.45, 2.75) is 4.90 Å². The SMILES string of the molecule is COc1ccc(/C=N\NC(=O)CN(C)S(=O)(=O)c2ccc(Cl)cc2)c(OC)c1. The summed E-state index contributed by atoms with van der Waals surface area (Å²) in [7, 11) is 0.527. The molecule has 2 aromatic carbocycles. The minimum absolute atomic E-state index is 0.0404. The van der Waals surface area contributed by atoms with Crippen molar-refractivity contribution in [3.63, 3.8) is 0 Å². The van der Waals surface area contributed by atoms with Crippen molar-refractivity contribution in [2.24, 2.45) is 5.10 Å². The van der Waals surface area contributed by atoms with Crippen LogP contribution in [0, 0.1) is 0 Å². The lowest BCUT2D eigenvalue weighted by atomic mass is 10.2. The van der Waals surface area contributed by atoms with Crippen LogP contribution >= 0.6 is 11.6 Å². The molecule has 0 radical (unpaired) electrons. The van der Waals surface area contributed by atoms with E-state index in [1.807, 2.05) is 0 Å². The largest absolute Gasteiger partial charge is 0.497 e. The van der Waals surface area contributed by atoms with Crippen LogP contribution < -0.4 is 14.9 Å². The van der Waals surface area contributed by atoms with E-state index in [0.717, 1.165) is 4.31 Å². The highest BCUT2D eigenvalue weighted by atomic mass is 35.5. The van der Waals surface area contributed by atoms with Crippen LogP contribution in [-0.4, -0.2) is 52.7 Å². The molecule has 2 aromatic rings. The number of rotatable bonds is 8. The molecular formula is C18H20ClN3O5S. The highest BCUT2D eigenvalue weighted by Crippen LogP contribution is 2.23. The monoisotopic (exact) mass is 425 g/mol. The summed E-state index contributed by atoms with van der Waals surface area (Å²) in [6, 6.07) is 10.8. The van der Waals surface area contributed by atoms with E-state index in [4.69, 9.17) is 21.1 Å². The highest BCUT2D eigenvalue weighted by molar-refractivity contribution is 7.89. The molecule has 28 heavy (non-hydrogen) atoms. The van der Waals surface area contributed by atoms with Gasteiger partial charge >= 0.3 is 0 Å². The first-order valence-corrected chi connectivity index (χ1v) is 9.85. The Labute approximate surface area is 168 Å². The van der Waals surface area contributed by atoms with Crippen molar-refractivity contribution in [2.75, 3.05) is 27.8 Å². The second kappa shape index (κ2) is 9.54. The van der Waals surface area contributed by atoms with Gasteiger partial charge < -0.3 is 9.47 Å². The van der Waals surface area contributed by atoms with Gasteiger partial charge in [-0.1, -0.05) is 11.6 Å². The fraction of sp³-hybridized carbons (Fsp3) is 0.222. The summed E-state index contributed by atoms with van der Waals surface area (Å²) in [5.41, 5.74) is 2.91. The number of hydrogen-bond donors (Lipinski definition) is 1. The number of ether oxygens (including phenoxy) is 2. The summed E-state index contributed by atoms with van der Waals surface area (Å²) < 4.78 is 36.2. The Morgan fingerprint density at radius 3 is 2.46 bits per heavy atom. The van der Waals surface area contributed by atoms with Crippen molar-refractivity contribution < 1.29 is 22.7 Å². The summed E-state index contributed by atoms with van der Waals surface area (Å²) in [6.45, 7) is -0.401. The van der Waals surface area contributed by atoms with Crippen LogP contribution in [0.2, 0.25) is 5.02 Å². The molecule has 0 aliphatic rings. The molecule has 150 valence electrons. The third-order valence-corrected chi connectivity index (χ3v) is 5.79. The molecule has 0 bridgehead atoms. The van der Waals surface area contributed by atoms with Crippen LogP contribution in [0.1, 0.15) is 5.56 Å². The second-order valence-electron chi connectivity index (χ2n) is 5.62. The topological polar surface area (TPSA) is 97.3 Å². The Morgan fingerprint density at radius 1 is 1.18 bits per heavy atom. The zero-order valence-electron chi connectivity index (χ0n) is 15.5. The second-order valence-corrected chi connectivity index (χ2v) is 8.10. The van der Waals surface area contributed by atoms with Crippen LogP contribution in [0.5, 0.6) is 11.5 Å². The fourth-order valence-electron chi connectivity index (χ4n) is 2.21. The molecule has 0 unspecified atom stereocenters. The van der Waals surface area contributed by atoms with E-state index in [0.29, 0.717) is 22.1 Å². The zero-order chi connectivity index (χ0) is 20.7. The lowest BCUT2D eigenvalue weighted by Crippen LogP contribution is -2.36. The summed E-state index contributed by atoms with van der Waals surface area (Å²) >= 11 is 5.77. The number of carbonyl (C=O) groups is 1. The van der Waals surface area contributed by atoms with Gasteiger partial charge in [-0.15, -0.1) is 0 Å². The fourth-order valence-corrected chi connectivity index (χ4v) is 3.46. The third kappa shape index (κ3) is 5.44. The van der Waals surface area contributed by atoms with E-state index in [-0.39, 0.29) is 4.90 Å². The number of hydrazone groups is 1. The van der Waals surface area contributed by atoms with Gasteiger partial charge in [0.15, 0.2) is 0 Å². The molecule has 0 aromatic heterocycles. The number of hydrogen-bond acceptors (Lipinski definition) is 6. The molecule has 0 heterocycles. The van der Waals surface area contributed by atoms with Crippen molar-refractivity contribution in [3.05, 3.63) is 53.1 Å².